The highest BCUT2D eigenvalue weighted by Gasteiger charge is 2.10. The van der Waals surface area contributed by atoms with Gasteiger partial charge in [0.2, 0.25) is 0 Å². The van der Waals surface area contributed by atoms with Gasteiger partial charge in [-0.3, -0.25) is 10.1 Å². The molecule has 0 aromatic carbocycles. The Morgan fingerprint density at radius 2 is 2.43 bits per heavy atom. The second-order valence-corrected chi connectivity index (χ2v) is 0.788. The maximum atomic E-state index is 9.26. The highest BCUT2D eigenvalue weighted by atomic mass is 16.7. The molecule has 0 fully saturated rings. The molecule has 0 saturated heterocycles. The Labute approximate surface area is 38.9 Å². The maximum Gasteiger partial charge on any atom is 0.401 e. The molecule has 0 aromatic heterocycles. The molecule has 0 rings (SSSR count). The van der Waals surface area contributed by atoms with E-state index in [-0.39, 0.29) is 0 Å². The number of nitrogens with zero attached hydrogens (tertiary/aromatic N) is 2. The topological polar surface area (TPSA) is 87.2 Å². The third-order valence-electron chi connectivity index (χ3n) is 0.315. The summed E-state index contributed by atoms with van der Waals surface area (Å²) in [6.45, 7) is 0. The first-order chi connectivity index (χ1) is 3.18. The largest absolute Gasteiger partial charge is 0.401 e. The van der Waals surface area contributed by atoms with E-state index < -0.39 is 11.2 Å². The Morgan fingerprint density at radius 1 is 2.00 bits per heavy atom. The summed E-state index contributed by atoms with van der Waals surface area (Å²) in [6, 6.07) is 1.02. The number of aliphatic hydroxyl groups is 1. The fraction of sp³-hybridized carbons (Fsp3) is 0.500. The zero-order chi connectivity index (χ0) is 5.86. The number of hydrogen-bond donors (Lipinski definition) is 1. The van der Waals surface area contributed by atoms with Crippen LogP contribution in [0.5, 0.6) is 0 Å². The van der Waals surface area contributed by atoms with Crippen molar-refractivity contribution in [1.29, 1.82) is 5.26 Å². The van der Waals surface area contributed by atoms with Crippen LogP contribution in [-0.2, 0) is 0 Å². The van der Waals surface area contributed by atoms with Crippen LogP contribution in [0.1, 0.15) is 0 Å². The van der Waals surface area contributed by atoms with Crippen LogP contribution in [0.3, 0.4) is 0 Å². The zero-order valence-corrected chi connectivity index (χ0v) is 3.24. The van der Waals surface area contributed by atoms with E-state index in [1.54, 1.807) is 0 Å². The normalized spacial score (nSPS) is 12.0. The maximum absolute atomic E-state index is 9.26. The lowest BCUT2D eigenvalue weighted by Crippen LogP contribution is -2.14. The number of aliphatic hydroxyl groups excluding tert-OH is 1. The van der Waals surface area contributed by atoms with E-state index in [1.807, 2.05) is 0 Å². The van der Waals surface area contributed by atoms with Gasteiger partial charge in [-0.25, -0.2) is 0 Å². The molecule has 0 aliphatic carbocycles. The SMILES string of the molecule is N#CC(O)[N+](=O)[O-]. The van der Waals surface area contributed by atoms with Gasteiger partial charge in [0, 0.05) is 0 Å². The fourth-order valence-corrected chi connectivity index (χ4v) is 0.0471. The predicted molar refractivity (Wildman–Crippen MR) is 18.6 cm³/mol. The van der Waals surface area contributed by atoms with Crippen molar-refractivity contribution in [1.82, 2.24) is 0 Å². The van der Waals surface area contributed by atoms with Crippen molar-refractivity contribution in [2.24, 2.45) is 0 Å². The van der Waals surface area contributed by atoms with Gasteiger partial charge in [0.25, 0.3) is 0 Å². The highest BCUT2D eigenvalue weighted by Crippen LogP contribution is 1.75. The van der Waals surface area contributed by atoms with E-state index in [0.717, 1.165) is 6.07 Å². The molecule has 0 aromatic rings. The van der Waals surface area contributed by atoms with Gasteiger partial charge in [-0.2, -0.15) is 5.26 Å². The number of hydrogen-bond acceptors (Lipinski definition) is 4. The molecular weight excluding hydrogens is 100 g/mol. The van der Waals surface area contributed by atoms with Crippen LogP contribution >= 0.6 is 0 Å². The van der Waals surface area contributed by atoms with Gasteiger partial charge in [-0.1, -0.05) is 0 Å². The zero-order valence-electron chi connectivity index (χ0n) is 3.24. The van der Waals surface area contributed by atoms with E-state index in [1.165, 1.54) is 0 Å². The first-order valence-electron chi connectivity index (χ1n) is 1.39. The third-order valence-corrected chi connectivity index (χ3v) is 0.315. The van der Waals surface area contributed by atoms with Crippen LogP contribution in [-0.4, -0.2) is 16.3 Å². The molecular formula is C2H2N2O3. The lowest BCUT2D eigenvalue weighted by atomic mass is 10.7. The molecule has 0 aliphatic rings. The summed E-state index contributed by atoms with van der Waals surface area (Å²) in [5.41, 5.74) is 0. The van der Waals surface area contributed by atoms with Crippen LogP contribution in [0.15, 0.2) is 0 Å². The molecule has 0 amide bonds. The summed E-state index contributed by atoms with van der Waals surface area (Å²) in [6.07, 6.45) is -2.07. The Bertz CT molecular complexity index is 115. The molecule has 0 heterocycles. The molecule has 0 radical (unpaired) electrons. The van der Waals surface area contributed by atoms with Crippen molar-refractivity contribution in [3.05, 3.63) is 10.1 Å². The standard InChI is InChI=1S/C2H2N2O3/c3-1-2(5)4(6)7/h2,5H. The van der Waals surface area contributed by atoms with Gasteiger partial charge in [0.15, 0.2) is 6.07 Å². The quantitative estimate of drug-likeness (QED) is 0.201. The summed E-state index contributed by atoms with van der Waals surface area (Å²) in [7, 11) is 0. The molecule has 7 heavy (non-hydrogen) atoms. The van der Waals surface area contributed by atoms with E-state index in [2.05, 4.69) is 0 Å². The minimum Gasteiger partial charge on any atom is -0.321 e. The van der Waals surface area contributed by atoms with E-state index in [0.29, 0.717) is 0 Å². The van der Waals surface area contributed by atoms with Crippen LogP contribution in [0, 0.1) is 21.4 Å². The summed E-state index contributed by atoms with van der Waals surface area (Å²) in [5, 5.41) is 24.7. The average molecular weight is 102 g/mol. The molecule has 0 aliphatic heterocycles. The van der Waals surface area contributed by atoms with Crippen molar-refractivity contribution < 1.29 is 10.0 Å². The second-order valence-electron chi connectivity index (χ2n) is 0.788. The number of nitriles is 1. The van der Waals surface area contributed by atoms with E-state index in [9.17, 15) is 10.1 Å². The monoisotopic (exact) mass is 102 g/mol. The molecule has 0 spiro atoms. The second kappa shape index (κ2) is 2.10. The molecule has 0 bridgehead atoms. The molecule has 5 nitrogen and oxygen atoms in total. The van der Waals surface area contributed by atoms with Gasteiger partial charge in [-0.05, 0) is 0 Å². The van der Waals surface area contributed by atoms with Gasteiger partial charge in [0.1, 0.15) is 0 Å². The smallest absolute Gasteiger partial charge is 0.321 e. The van der Waals surface area contributed by atoms with Crippen LogP contribution in [0.2, 0.25) is 0 Å². The van der Waals surface area contributed by atoms with Gasteiger partial charge in [-0.15, -0.1) is 0 Å². The molecule has 0 saturated carbocycles. The average Bonchev–Trinajstić information content (AvgIpc) is 1.65. The molecule has 1 atom stereocenters. The summed E-state index contributed by atoms with van der Waals surface area (Å²) < 4.78 is 0. The Morgan fingerprint density at radius 3 is 2.43 bits per heavy atom. The fourth-order valence-electron chi connectivity index (χ4n) is 0.0471. The molecule has 5 heteroatoms. The Kier molecular flexibility index (Phi) is 1.76. The molecule has 38 valence electrons. The van der Waals surface area contributed by atoms with Crippen molar-refractivity contribution >= 4 is 0 Å². The van der Waals surface area contributed by atoms with Crippen molar-refractivity contribution in [2.45, 2.75) is 6.23 Å². The van der Waals surface area contributed by atoms with E-state index >= 15 is 0 Å². The lowest BCUT2D eigenvalue weighted by Gasteiger charge is -1.84. The number of nitro groups is 1. The van der Waals surface area contributed by atoms with Gasteiger partial charge >= 0.3 is 6.23 Å². The molecule has 1 unspecified atom stereocenters. The van der Waals surface area contributed by atoms with Crippen LogP contribution in [0.25, 0.3) is 0 Å². The third kappa shape index (κ3) is 1.67. The first kappa shape index (κ1) is 5.85. The van der Waals surface area contributed by atoms with Crippen molar-refractivity contribution in [2.75, 3.05) is 0 Å². The number of rotatable bonds is 1. The van der Waals surface area contributed by atoms with Gasteiger partial charge in [0.05, 0.1) is 4.92 Å². The van der Waals surface area contributed by atoms with Crippen molar-refractivity contribution in [3.63, 3.8) is 0 Å². The minimum atomic E-state index is -2.07. The van der Waals surface area contributed by atoms with E-state index in [4.69, 9.17) is 10.4 Å². The Hall–Kier alpha value is -1.15. The predicted octanol–water partition coefficient (Wildman–Crippen LogP) is -0.895. The lowest BCUT2D eigenvalue weighted by molar-refractivity contribution is -0.552. The van der Waals surface area contributed by atoms with Crippen LogP contribution in [0.4, 0.5) is 0 Å². The Balaban J connectivity index is 3.63. The van der Waals surface area contributed by atoms with Crippen LogP contribution < -0.4 is 0 Å². The minimum absolute atomic E-state index is 1.02. The first-order valence-corrected chi connectivity index (χ1v) is 1.39. The van der Waals surface area contributed by atoms with Crippen molar-refractivity contribution in [3.8, 4) is 6.07 Å². The highest BCUT2D eigenvalue weighted by molar-refractivity contribution is 4.71. The van der Waals surface area contributed by atoms with Gasteiger partial charge < -0.3 is 5.11 Å². The summed E-state index contributed by atoms with van der Waals surface area (Å²) in [5.74, 6) is 0. The summed E-state index contributed by atoms with van der Waals surface area (Å²) in [4.78, 5) is 8.18. The molecule has 1 N–H and O–H groups in total. The summed E-state index contributed by atoms with van der Waals surface area (Å²) >= 11 is 0.